The van der Waals surface area contributed by atoms with Gasteiger partial charge in [-0.05, 0) is 79.3 Å². The molecule has 1 heterocycles. The Hall–Kier alpha value is -3.37. The van der Waals surface area contributed by atoms with Crippen LogP contribution in [0, 0.1) is 0 Å². The van der Waals surface area contributed by atoms with Gasteiger partial charge < -0.3 is 15.5 Å². The van der Waals surface area contributed by atoms with E-state index in [4.69, 9.17) is 5.73 Å². The van der Waals surface area contributed by atoms with Crippen molar-refractivity contribution < 1.29 is 4.57 Å². The Labute approximate surface area is 262 Å². The molecule has 3 aromatic rings. The molecule has 4 nitrogen and oxygen atoms in total. The molecular weight excluding hydrogens is 524 g/mol. The topological polar surface area (TPSA) is 36.4 Å². The zero-order chi connectivity index (χ0) is 30.7. The maximum absolute atomic E-state index is 6.06. The first-order valence-electron chi connectivity index (χ1n) is 16.9. The lowest BCUT2D eigenvalue weighted by Crippen LogP contribution is -2.43. The second-order valence-electron chi connectivity index (χ2n) is 11.6. The number of pyridine rings is 1. The molecule has 2 N–H and O–H groups in total. The van der Waals surface area contributed by atoms with E-state index in [9.17, 15) is 0 Å². The average Bonchev–Trinajstić information content (AvgIpc) is 3.04. The Morgan fingerprint density at radius 1 is 0.535 bits per heavy atom. The summed E-state index contributed by atoms with van der Waals surface area (Å²) in [6.07, 6.45) is 18.7. The third-order valence-corrected chi connectivity index (χ3v) is 8.05. The summed E-state index contributed by atoms with van der Waals surface area (Å²) < 4.78 is 2.31. The second-order valence-corrected chi connectivity index (χ2v) is 11.6. The van der Waals surface area contributed by atoms with Gasteiger partial charge in [0.1, 0.15) is 0 Å². The molecule has 0 unspecified atom stereocenters. The monoisotopic (exact) mass is 581 g/mol. The van der Waals surface area contributed by atoms with Crippen LogP contribution in [-0.2, 0) is 6.54 Å². The number of rotatable bonds is 20. The number of hydrogen-bond donors (Lipinski definition) is 1. The van der Waals surface area contributed by atoms with Crippen LogP contribution in [0.25, 0.3) is 24.3 Å². The molecule has 4 heteroatoms. The molecule has 1 aromatic heterocycles. The molecule has 43 heavy (non-hydrogen) atoms. The van der Waals surface area contributed by atoms with E-state index in [-0.39, 0.29) is 0 Å². The molecule has 0 amide bonds. The lowest BCUT2D eigenvalue weighted by Gasteiger charge is -2.24. The highest BCUT2D eigenvalue weighted by Crippen LogP contribution is 2.20. The molecule has 0 radical (unpaired) electrons. The first-order chi connectivity index (χ1) is 21.1. The number of benzene rings is 2. The number of hydrogen-bond acceptors (Lipinski definition) is 3. The first-order valence-corrected chi connectivity index (χ1v) is 16.9. The van der Waals surface area contributed by atoms with Crippen molar-refractivity contribution >= 4 is 35.7 Å². The molecule has 2 aromatic carbocycles. The van der Waals surface area contributed by atoms with E-state index in [1.807, 2.05) is 0 Å². The van der Waals surface area contributed by atoms with Crippen molar-refractivity contribution in [1.82, 2.24) is 0 Å². The SMILES string of the molecule is CCCCN(CCCC)c1ccc(/C=C/c2cccc(/C=C/c3ccc(N(CCCC)CCCC)cc3)[n+]2CCN)cc1. The first kappa shape index (κ1) is 34.1. The Kier molecular flexibility index (Phi) is 15.7. The Bertz CT molecular complexity index is 1120. The van der Waals surface area contributed by atoms with Crippen LogP contribution in [0.4, 0.5) is 11.4 Å². The molecule has 0 atom stereocenters. The van der Waals surface area contributed by atoms with E-state index >= 15 is 0 Å². The third-order valence-electron chi connectivity index (χ3n) is 8.05. The van der Waals surface area contributed by atoms with E-state index in [1.54, 1.807) is 0 Å². The van der Waals surface area contributed by atoms with E-state index in [0.717, 1.165) is 44.1 Å². The highest BCUT2D eigenvalue weighted by molar-refractivity contribution is 5.70. The zero-order valence-corrected chi connectivity index (χ0v) is 27.5. The van der Waals surface area contributed by atoms with Crippen LogP contribution in [-0.4, -0.2) is 32.7 Å². The highest BCUT2D eigenvalue weighted by Gasteiger charge is 2.12. The van der Waals surface area contributed by atoms with Gasteiger partial charge in [0, 0.05) is 61.8 Å². The third kappa shape index (κ3) is 11.3. The molecule has 0 spiro atoms. The van der Waals surface area contributed by atoms with Crippen molar-refractivity contribution in [3.05, 3.63) is 89.2 Å². The fraction of sp³-hybridized carbons (Fsp3) is 0.462. The summed E-state index contributed by atoms with van der Waals surface area (Å²) in [5, 5.41) is 0. The maximum Gasteiger partial charge on any atom is 0.205 e. The summed E-state index contributed by atoms with van der Waals surface area (Å²) >= 11 is 0. The number of nitrogens with zero attached hydrogens (tertiary/aromatic N) is 3. The lowest BCUT2D eigenvalue weighted by molar-refractivity contribution is -0.697. The predicted octanol–water partition coefficient (Wildman–Crippen LogP) is 9.09. The quantitative estimate of drug-likeness (QED) is 0.135. The molecule has 0 fully saturated rings. The number of anilines is 2. The van der Waals surface area contributed by atoms with E-state index in [1.165, 1.54) is 73.9 Å². The largest absolute Gasteiger partial charge is 0.372 e. The zero-order valence-electron chi connectivity index (χ0n) is 27.5. The normalized spacial score (nSPS) is 11.6. The average molecular weight is 582 g/mol. The number of aromatic nitrogens is 1. The Morgan fingerprint density at radius 2 is 0.907 bits per heavy atom. The highest BCUT2D eigenvalue weighted by atomic mass is 15.1. The van der Waals surface area contributed by atoms with Crippen molar-refractivity contribution in [2.75, 3.05) is 42.5 Å². The van der Waals surface area contributed by atoms with Gasteiger partial charge in [0.15, 0.2) is 6.54 Å². The maximum atomic E-state index is 6.06. The summed E-state index contributed by atoms with van der Waals surface area (Å²) in [6.45, 7) is 14.9. The van der Waals surface area contributed by atoms with Gasteiger partial charge >= 0.3 is 0 Å². The second kappa shape index (κ2) is 19.7. The van der Waals surface area contributed by atoms with Gasteiger partial charge in [-0.25, -0.2) is 0 Å². The van der Waals surface area contributed by atoms with Crippen molar-refractivity contribution in [2.24, 2.45) is 5.73 Å². The Morgan fingerprint density at radius 3 is 1.23 bits per heavy atom. The molecule has 0 bridgehead atoms. The minimum absolute atomic E-state index is 0.594. The number of unbranched alkanes of at least 4 members (excludes halogenated alkanes) is 4. The van der Waals surface area contributed by atoms with Crippen molar-refractivity contribution in [3.8, 4) is 0 Å². The smallest absolute Gasteiger partial charge is 0.205 e. The van der Waals surface area contributed by atoms with Gasteiger partial charge in [-0.3, -0.25) is 0 Å². The Balaban J connectivity index is 1.75. The van der Waals surface area contributed by atoms with Crippen molar-refractivity contribution in [2.45, 2.75) is 85.6 Å². The van der Waals surface area contributed by atoms with Crippen LogP contribution >= 0.6 is 0 Å². The number of nitrogens with two attached hydrogens (primary N) is 1. The fourth-order valence-electron chi connectivity index (χ4n) is 5.34. The molecule has 0 saturated carbocycles. The van der Waals surface area contributed by atoms with Gasteiger partial charge in [0.05, 0.1) is 6.54 Å². The van der Waals surface area contributed by atoms with Crippen LogP contribution in [0.2, 0.25) is 0 Å². The predicted molar refractivity (Wildman–Crippen MR) is 190 cm³/mol. The minimum atomic E-state index is 0.594. The molecule has 3 rings (SSSR count). The van der Waals surface area contributed by atoms with Crippen LogP contribution in [0.15, 0.2) is 66.7 Å². The molecule has 0 aliphatic rings. The summed E-state index contributed by atoms with van der Waals surface area (Å²) in [5.74, 6) is 0. The molecule has 0 saturated heterocycles. The van der Waals surface area contributed by atoms with Crippen LogP contribution in [0.3, 0.4) is 0 Å². The van der Waals surface area contributed by atoms with Gasteiger partial charge in [-0.15, -0.1) is 0 Å². The van der Waals surface area contributed by atoms with Crippen LogP contribution < -0.4 is 20.1 Å². The van der Waals surface area contributed by atoms with Gasteiger partial charge in [0.2, 0.25) is 11.4 Å². The standard InChI is InChI=1S/C39H57N4/c1-5-9-29-41(30-10-6-2)36-22-16-34(17-23-36)20-26-38-14-13-15-39(43(38)33-28-40)27-21-35-18-24-37(25-19-35)42(31-11-7-3)32-12-8-4/h13-27H,5-12,28-33,40H2,1-4H3/q+1. The summed E-state index contributed by atoms with van der Waals surface area (Å²) in [5.41, 5.74) is 13.4. The molecule has 232 valence electrons. The van der Waals surface area contributed by atoms with Crippen molar-refractivity contribution in [1.29, 1.82) is 0 Å². The summed E-state index contributed by atoms with van der Waals surface area (Å²) in [7, 11) is 0. The molecule has 0 aliphatic heterocycles. The summed E-state index contributed by atoms with van der Waals surface area (Å²) in [6, 6.07) is 24.5. The molecule has 0 aliphatic carbocycles. The minimum Gasteiger partial charge on any atom is -0.372 e. The lowest BCUT2D eigenvalue weighted by atomic mass is 10.1. The molecular formula is C39H57N4+. The fourth-order valence-corrected chi connectivity index (χ4v) is 5.34. The van der Waals surface area contributed by atoms with Crippen LogP contribution in [0.1, 0.15) is 102 Å². The van der Waals surface area contributed by atoms with Crippen molar-refractivity contribution in [3.63, 3.8) is 0 Å². The van der Waals surface area contributed by atoms with Gasteiger partial charge in [-0.1, -0.05) is 77.6 Å². The van der Waals surface area contributed by atoms with E-state index < -0.39 is 0 Å². The van der Waals surface area contributed by atoms with E-state index in [0.29, 0.717) is 6.54 Å². The van der Waals surface area contributed by atoms with E-state index in [2.05, 4.69) is 133 Å². The summed E-state index contributed by atoms with van der Waals surface area (Å²) in [4.78, 5) is 5.07. The van der Waals surface area contributed by atoms with Gasteiger partial charge in [-0.2, -0.15) is 4.57 Å². The van der Waals surface area contributed by atoms with Crippen LogP contribution in [0.5, 0.6) is 0 Å². The van der Waals surface area contributed by atoms with Gasteiger partial charge in [0.25, 0.3) is 0 Å².